The van der Waals surface area contributed by atoms with Gasteiger partial charge in [-0.05, 0) is 25.0 Å². The summed E-state index contributed by atoms with van der Waals surface area (Å²) in [5.74, 6) is 0.379. The quantitative estimate of drug-likeness (QED) is 0.879. The highest BCUT2D eigenvalue weighted by atomic mass is 15.1. The molecule has 2 aromatic heterocycles. The van der Waals surface area contributed by atoms with Crippen LogP contribution in [0.4, 0.5) is 0 Å². The Balaban J connectivity index is 2.40. The van der Waals surface area contributed by atoms with E-state index in [9.17, 15) is 0 Å². The van der Waals surface area contributed by atoms with E-state index in [1.54, 1.807) is 6.33 Å². The topological polar surface area (TPSA) is 56.7 Å². The van der Waals surface area contributed by atoms with Crippen LogP contribution in [-0.4, -0.2) is 14.5 Å². The van der Waals surface area contributed by atoms with E-state index in [2.05, 4.69) is 23.8 Å². The van der Waals surface area contributed by atoms with Crippen LogP contribution in [0.1, 0.15) is 31.3 Å². The molecule has 2 aromatic rings. The summed E-state index contributed by atoms with van der Waals surface area (Å²) >= 11 is 0. The van der Waals surface area contributed by atoms with Gasteiger partial charge in [0.2, 0.25) is 0 Å². The molecule has 4 heteroatoms. The summed E-state index contributed by atoms with van der Waals surface area (Å²) in [7, 11) is 0. The molecule has 0 aliphatic carbocycles. The predicted octanol–water partition coefficient (Wildman–Crippen LogP) is 2.23. The maximum atomic E-state index is 6.17. The van der Waals surface area contributed by atoms with Crippen molar-refractivity contribution in [2.75, 3.05) is 0 Å². The molecule has 1 atom stereocenters. The van der Waals surface area contributed by atoms with E-state index in [-0.39, 0.29) is 6.04 Å². The number of pyridine rings is 1. The molecule has 0 amide bonds. The summed E-state index contributed by atoms with van der Waals surface area (Å²) in [6.07, 6.45) is 5.45. The maximum absolute atomic E-state index is 6.17. The minimum absolute atomic E-state index is 0.0150. The van der Waals surface area contributed by atoms with Gasteiger partial charge in [0.1, 0.15) is 0 Å². The van der Waals surface area contributed by atoms with Crippen molar-refractivity contribution in [3.8, 4) is 5.69 Å². The second-order valence-corrected chi connectivity index (χ2v) is 4.62. The van der Waals surface area contributed by atoms with E-state index in [1.807, 2.05) is 36.0 Å². The average Bonchev–Trinajstić information content (AvgIpc) is 2.77. The highest BCUT2D eigenvalue weighted by molar-refractivity contribution is 5.32. The van der Waals surface area contributed by atoms with Crippen LogP contribution in [0.2, 0.25) is 0 Å². The number of aryl methyl sites for hydroxylation is 1. The highest BCUT2D eigenvalue weighted by Gasteiger charge is 2.15. The molecule has 2 rings (SSSR count). The molecular formula is C13H18N4. The summed E-state index contributed by atoms with van der Waals surface area (Å²) in [5, 5.41) is 0. The lowest BCUT2D eigenvalue weighted by Gasteiger charge is -2.17. The van der Waals surface area contributed by atoms with Gasteiger partial charge in [-0.25, -0.2) is 4.98 Å². The van der Waals surface area contributed by atoms with Crippen LogP contribution in [0.25, 0.3) is 5.69 Å². The first kappa shape index (κ1) is 11.8. The van der Waals surface area contributed by atoms with Crippen LogP contribution >= 0.6 is 0 Å². The van der Waals surface area contributed by atoms with Crippen molar-refractivity contribution in [1.82, 2.24) is 14.5 Å². The third kappa shape index (κ3) is 2.36. The molecule has 0 fully saturated rings. The van der Waals surface area contributed by atoms with Gasteiger partial charge in [-0.2, -0.15) is 0 Å². The van der Waals surface area contributed by atoms with Gasteiger partial charge in [-0.3, -0.25) is 4.98 Å². The number of nitrogens with zero attached hydrogens (tertiary/aromatic N) is 3. The Kier molecular flexibility index (Phi) is 3.24. The van der Waals surface area contributed by atoms with E-state index in [1.165, 1.54) is 0 Å². The van der Waals surface area contributed by atoms with Gasteiger partial charge in [0.15, 0.2) is 0 Å². The van der Waals surface area contributed by atoms with Gasteiger partial charge in [-0.1, -0.05) is 13.8 Å². The van der Waals surface area contributed by atoms with Gasteiger partial charge in [0.25, 0.3) is 0 Å². The van der Waals surface area contributed by atoms with Crippen molar-refractivity contribution >= 4 is 0 Å². The number of imidazole rings is 1. The largest absolute Gasteiger partial charge is 0.322 e. The Morgan fingerprint density at radius 1 is 1.24 bits per heavy atom. The van der Waals surface area contributed by atoms with Crippen molar-refractivity contribution in [3.63, 3.8) is 0 Å². The van der Waals surface area contributed by atoms with Gasteiger partial charge in [0.05, 0.1) is 30.1 Å². The van der Waals surface area contributed by atoms with Gasteiger partial charge >= 0.3 is 0 Å². The standard InChI is InChI=1S/C13H18N4/c1-9(2)13(14)12-7-15-8-17(12)11-5-4-10(3)16-6-11/h4-9,13H,14H2,1-3H3. The van der Waals surface area contributed by atoms with E-state index in [0.29, 0.717) is 5.92 Å². The normalized spacial score (nSPS) is 13.0. The summed E-state index contributed by atoms with van der Waals surface area (Å²) in [6, 6.07) is 4.00. The van der Waals surface area contributed by atoms with Crippen LogP contribution in [0.15, 0.2) is 30.9 Å². The maximum Gasteiger partial charge on any atom is 0.0995 e. The molecule has 90 valence electrons. The first-order valence-electron chi connectivity index (χ1n) is 5.80. The van der Waals surface area contributed by atoms with Crippen molar-refractivity contribution in [2.24, 2.45) is 11.7 Å². The molecule has 0 aromatic carbocycles. The second kappa shape index (κ2) is 4.67. The molecular weight excluding hydrogens is 212 g/mol. The van der Waals surface area contributed by atoms with Crippen molar-refractivity contribution in [1.29, 1.82) is 0 Å². The lowest BCUT2D eigenvalue weighted by atomic mass is 10.0. The molecule has 2 heterocycles. The second-order valence-electron chi connectivity index (χ2n) is 4.62. The number of nitrogens with two attached hydrogens (primary N) is 1. The van der Waals surface area contributed by atoms with E-state index >= 15 is 0 Å². The smallest absolute Gasteiger partial charge is 0.0995 e. The van der Waals surface area contributed by atoms with E-state index in [0.717, 1.165) is 17.1 Å². The van der Waals surface area contributed by atoms with Crippen LogP contribution in [0.3, 0.4) is 0 Å². The highest BCUT2D eigenvalue weighted by Crippen LogP contribution is 2.21. The van der Waals surface area contributed by atoms with Crippen molar-refractivity contribution < 1.29 is 0 Å². The molecule has 4 nitrogen and oxygen atoms in total. The molecule has 1 unspecified atom stereocenters. The predicted molar refractivity (Wildman–Crippen MR) is 67.9 cm³/mol. The molecule has 17 heavy (non-hydrogen) atoms. The summed E-state index contributed by atoms with van der Waals surface area (Å²) in [6.45, 7) is 6.18. The minimum Gasteiger partial charge on any atom is -0.322 e. The molecule has 0 saturated carbocycles. The van der Waals surface area contributed by atoms with Gasteiger partial charge < -0.3 is 10.3 Å². The summed E-state index contributed by atoms with van der Waals surface area (Å²) < 4.78 is 2.00. The van der Waals surface area contributed by atoms with Crippen LogP contribution in [0, 0.1) is 12.8 Å². The first-order chi connectivity index (χ1) is 8.09. The van der Waals surface area contributed by atoms with Crippen LogP contribution in [0.5, 0.6) is 0 Å². The summed E-state index contributed by atoms with van der Waals surface area (Å²) in [5.41, 5.74) is 9.19. The zero-order valence-electron chi connectivity index (χ0n) is 10.5. The minimum atomic E-state index is -0.0150. The molecule has 0 aliphatic heterocycles. The van der Waals surface area contributed by atoms with Crippen LogP contribution < -0.4 is 5.73 Å². The molecule has 0 radical (unpaired) electrons. The lowest BCUT2D eigenvalue weighted by Crippen LogP contribution is -2.19. The molecule has 0 bridgehead atoms. The number of hydrogen-bond acceptors (Lipinski definition) is 3. The number of aromatic nitrogens is 3. The zero-order valence-corrected chi connectivity index (χ0v) is 10.5. The van der Waals surface area contributed by atoms with Gasteiger partial charge in [-0.15, -0.1) is 0 Å². The first-order valence-corrected chi connectivity index (χ1v) is 5.80. The average molecular weight is 230 g/mol. The van der Waals surface area contributed by atoms with Crippen molar-refractivity contribution in [2.45, 2.75) is 26.8 Å². The summed E-state index contributed by atoms with van der Waals surface area (Å²) in [4.78, 5) is 8.47. The fourth-order valence-electron chi connectivity index (χ4n) is 1.71. The lowest BCUT2D eigenvalue weighted by molar-refractivity contribution is 0.497. The monoisotopic (exact) mass is 230 g/mol. The van der Waals surface area contributed by atoms with Gasteiger partial charge in [0, 0.05) is 11.7 Å². The molecule has 0 saturated heterocycles. The Labute approximate surface area is 102 Å². The number of rotatable bonds is 3. The third-order valence-electron chi connectivity index (χ3n) is 2.90. The zero-order chi connectivity index (χ0) is 12.4. The Bertz CT molecular complexity index is 484. The Morgan fingerprint density at radius 2 is 2.00 bits per heavy atom. The molecule has 2 N–H and O–H groups in total. The van der Waals surface area contributed by atoms with Crippen LogP contribution in [-0.2, 0) is 0 Å². The van der Waals surface area contributed by atoms with E-state index < -0.39 is 0 Å². The molecule has 0 aliphatic rings. The Hall–Kier alpha value is -1.68. The van der Waals surface area contributed by atoms with Crippen molar-refractivity contribution in [3.05, 3.63) is 42.2 Å². The fraction of sp³-hybridized carbons (Fsp3) is 0.385. The SMILES string of the molecule is Cc1ccc(-n2cncc2C(N)C(C)C)cn1. The number of hydrogen-bond donors (Lipinski definition) is 1. The van der Waals surface area contributed by atoms with E-state index in [4.69, 9.17) is 5.73 Å². The Morgan fingerprint density at radius 3 is 2.59 bits per heavy atom. The molecule has 0 spiro atoms. The third-order valence-corrected chi connectivity index (χ3v) is 2.90. The fourth-order valence-corrected chi connectivity index (χ4v) is 1.71.